The Morgan fingerprint density at radius 2 is 1.27 bits per heavy atom. The highest BCUT2D eigenvalue weighted by atomic mass is 32.1. The van der Waals surface area contributed by atoms with Gasteiger partial charge in [-0.25, -0.2) is 0 Å². The summed E-state index contributed by atoms with van der Waals surface area (Å²) in [6.45, 7) is 0. The molecule has 5 rings (SSSR count). The minimum atomic E-state index is 0.925. The molecule has 0 fully saturated rings. The van der Waals surface area contributed by atoms with Crippen molar-refractivity contribution in [3.63, 3.8) is 0 Å². The lowest BCUT2D eigenvalue weighted by molar-refractivity contribution is 0.670. The fourth-order valence-corrected chi connectivity index (χ4v) is 3.75. The highest BCUT2D eigenvalue weighted by Crippen LogP contribution is 2.36. The van der Waals surface area contributed by atoms with Gasteiger partial charge in [-0.15, -0.1) is 12.6 Å². The van der Waals surface area contributed by atoms with Crippen molar-refractivity contribution in [3.05, 3.63) is 91.0 Å². The Morgan fingerprint density at radius 1 is 0.577 bits per heavy atom. The van der Waals surface area contributed by atoms with Gasteiger partial charge in [0.1, 0.15) is 11.2 Å². The monoisotopic (exact) mass is 352 g/mol. The van der Waals surface area contributed by atoms with Gasteiger partial charge in [0.15, 0.2) is 0 Å². The highest BCUT2D eigenvalue weighted by Gasteiger charge is 2.12. The number of rotatable bonds is 2. The zero-order chi connectivity index (χ0) is 17.5. The van der Waals surface area contributed by atoms with Crippen LogP contribution in [0.15, 0.2) is 100 Å². The lowest BCUT2D eigenvalue weighted by Gasteiger charge is -2.07. The highest BCUT2D eigenvalue weighted by molar-refractivity contribution is 7.80. The first kappa shape index (κ1) is 15.3. The predicted octanol–water partition coefficient (Wildman–Crippen LogP) is 7.21. The standard InChI is InChI=1S/C24H16OS/c26-19-9-4-7-17(15-19)16-6-3-8-18(14-16)20-11-5-12-22-21-10-1-2-13-23(21)25-24(20)22/h1-15,26H. The second-order valence-corrected chi connectivity index (χ2v) is 6.93. The lowest BCUT2D eigenvalue weighted by atomic mass is 9.98. The van der Waals surface area contributed by atoms with E-state index in [1.54, 1.807) is 0 Å². The number of benzene rings is 4. The molecule has 0 spiro atoms. The minimum Gasteiger partial charge on any atom is -0.455 e. The first-order chi connectivity index (χ1) is 12.8. The maximum Gasteiger partial charge on any atom is 0.143 e. The van der Waals surface area contributed by atoms with Gasteiger partial charge in [-0.3, -0.25) is 0 Å². The van der Waals surface area contributed by atoms with E-state index in [9.17, 15) is 0 Å². The third-order valence-corrected chi connectivity index (χ3v) is 5.04. The first-order valence-electron chi connectivity index (χ1n) is 8.60. The normalized spacial score (nSPS) is 11.3. The van der Waals surface area contributed by atoms with E-state index in [1.807, 2.05) is 24.3 Å². The Balaban J connectivity index is 1.72. The quantitative estimate of drug-likeness (QED) is 0.331. The van der Waals surface area contributed by atoms with E-state index in [0.29, 0.717) is 0 Å². The maximum absolute atomic E-state index is 6.19. The van der Waals surface area contributed by atoms with Crippen LogP contribution in [0.1, 0.15) is 0 Å². The van der Waals surface area contributed by atoms with E-state index >= 15 is 0 Å². The van der Waals surface area contributed by atoms with Crippen LogP contribution in [0.5, 0.6) is 0 Å². The zero-order valence-electron chi connectivity index (χ0n) is 14.0. The molecule has 0 saturated carbocycles. The molecule has 0 aliphatic rings. The third kappa shape index (κ3) is 2.51. The van der Waals surface area contributed by atoms with Gasteiger partial charge < -0.3 is 4.42 Å². The average molecular weight is 352 g/mol. The fraction of sp³-hybridized carbons (Fsp3) is 0. The number of furan rings is 1. The Morgan fingerprint density at radius 3 is 2.15 bits per heavy atom. The van der Waals surface area contributed by atoms with Crippen LogP contribution in [-0.4, -0.2) is 0 Å². The van der Waals surface area contributed by atoms with E-state index in [1.165, 1.54) is 5.56 Å². The smallest absolute Gasteiger partial charge is 0.143 e. The van der Waals surface area contributed by atoms with Crippen molar-refractivity contribution in [1.29, 1.82) is 0 Å². The van der Waals surface area contributed by atoms with E-state index in [0.717, 1.165) is 43.5 Å². The molecule has 0 amide bonds. The maximum atomic E-state index is 6.19. The number of fused-ring (bicyclic) bond motifs is 3. The topological polar surface area (TPSA) is 13.1 Å². The molecule has 1 nitrogen and oxygen atoms in total. The Hall–Kier alpha value is -2.97. The second kappa shape index (κ2) is 6.08. The van der Waals surface area contributed by atoms with Crippen molar-refractivity contribution in [1.82, 2.24) is 0 Å². The molecule has 2 heteroatoms. The van der Waals surface area contributed by atoms with Gasteiger partial charge in [0.05, 0.1) is 0 Å². The van der Waals surface area contributed by atoms with Gasteiger partial charge in [0, 0.05) is 21.2 Å². The second-order valence-electron chi connectivity index (χ2n) is 6.41. The fourth-order valence-electron chi connectivity index (χ4n) is 3.53. The van der Waals surface area contributed by atoms with Crippen LogP contribution in [0.25, 0.3) is 44.2 Å². The summed E-state index contributed by atoms with van der Waals surface area (Å²) in [5.41, 5.74) is 6.46. The summed E-state index contributed by atoms with van der Waals surface area (Å²) in [5.74, 6) is 0. The molecule has 0 radical (unpaired) electrons. The van der Waals surface area contributed by atoms with E-state index in [4.69, 9.17) is 4.42 Å². The van der Waals surface area contributed by atoms with Crippen molar-refractivity contribution in [2.24, 2.45) is 0 Å². The van der Waals surface area contributed by atoms with E-state index < -0.39 is 0 Å². The molecule has 4 aromatic carbocycles. The summed E-state index contributed by atoms with van der Waals surface area (Å²) < 4.78 is 6.19. The van der Waals surface area contributed by atoms with Crippen LogP contribution < -0.4 is 0 Å². The van der Waals surface area contributed by atoms with E-state index in [2.05, 4.69) is 79.4 Å². The molecular formula is C24H16OS. The predicted molar refractivity (Wildman–Crippen MR) is 112 cm³/mol. The summed E-state index contributed by atoms with van der Waals surface area (Å²) in [5, 5.41) is 2.31. The molecule has 124 valence electrons. The van der Waals surface area contributed by atoms with Crippen LogP contribution in [0, 0.1) is 0 Å². The molecule has 5 aromatic rings. The van der Waals surface area contributed by atoms with Crippen LogP contribution in [-0.2, 0) is 0 Å². The molecule has 26 heavy (non-hydrogen) atoms. The van der Waals surface area contributed by atoms with Crippen molar-refractivity contribution < 1.29 is 4.42 Å². The summed E-state index contributed by atoms with van der Waals surface area (Å²) in [6, 6.07) is 31.3. The van der Waals surface area contributed by atoms with Crippen molar-refractivity contribution >= 4 is 34.6 Å². The molecule has 0 aliphatic heterocycles. The van der Waals surface area contributed by atoms with Gasteiger partial charge in [0.25, 0.3) is 0 Å². The number of hydrogen-bond donors (Lipinski definition) is 1. The van der Waals surface area contributed by atoms with Gasteiger partial charge in [-0.1, -0.05) is 66.7 Å². The van der Waals surface area contributed by atoms with E-state index in [-0.39, 0.29) is 0 Å². The molecule has 1 aromatic heterocycles. The first-order valence-corrected chi connectivity index (χ1v) is 9.04. The Labute approximate surface area is 157 Å². The van der Waals surface area contributed by atoms with Crippen LogP contribution >= 0.6 is 12.6 Å². The van der Waals surface area contributed by atoms with Gasteiger partial charge in [0.2, 0.25) is 0 Å². The largest absolute Gasteiger partial charge is 0.455 e. The molecule has 0 unspecified atom stereocenters. The number of hydrogen-bond acceptors (Lipinski definition) is 2. The molecule has 0 N–H and O–H groups in total. The van der Waals surface area contributed by atoms with Crippen LogP contribution in [0.2, 0.25) is 0 Å². The van der Waals surface area contributed by atoms with Crippen molar-refractivity contribution in [2.45, 2.75) is 4.90 Å². The van der Waals surface area contributed by atoms with Crippen LogP contribution in [0.3, 0.4) is 0 Å². The Kier molecular flexibility index (Phi) is 3.58. The lowest BCUT2D eigenvalue weighted by Crippen LogP contribution is -1.82. The van der Waals surface area contributed by atoms with Crippen molar-refractivity contribution in [3.8, 4) is 22.3 Å². The van der Waals surface area contributed by atoms with Crippen LogP contribution in [0.4, 0.5) is 0 Å². The molecule has 1 heterocycles. The third-order valence-electron chi connectivity index (χ3n) is 4.76. The summed E-state index contributed by atoms with van der Waals surface area (Å²) in [6.07, 6.45) is 0. The van der Waals surface area contributed by atoms with Crippen molar-refractivity contribution in [2.75, 3.05) is 0 Å². The van der Waals surface area contributed by atoms with Gasteiger partial charge >= 0.3 is 0 Å². The summed E-state index contributed by atoms with van der Waals surface area (Å²) in [4.78, 5) is 0.965. The summed E-state index contributed by atoms with van der Waals surface area (Å²) in [7, 11) is 0. The number of para-hydroxylation sites is 2. The van der Waals surface area contributed by atoms with Gasteiger partial charge in [-0.05, 0) is 41.0 Å². The molecule has 0 bridgehead atoms. The minimum absolute atomic E-state index is 0.925. The molecule has 0 saturated heterocycles. The molecule has 0 atom stereocenters. The zero-order valence-corrected chi connectivity index (χ0v) is 14.9. The Bertz CT molecular complexity index is 1250. The summed E-state index contributed by atoms with van der Waals surface area (Å²) >= 11 is 4.46. The number of thiol groups is 1. The molecular weight excluding hydrogens is 336 g/mol. The SMILES string of the molecule is Sc1cccc(-c2cccc(-c3cccc4c3oc3ccccc34)c2)c1. The molecule has 0 aliphatic carbocycles. The van der Waals surface area contributed by atoms with Gasteiger partial charge in [-0.2, -0.15) is 0 Å². The average Bonchev–Trinajstić information content (AvgIpc) is 3.07.